The molecule has 0 unspecified atom stereocenters. The van der Waals surface area contributed by atoms with Crippen LogP contribution in [0.25, 0.3) is 0 Å². The number of hydrogen-bond acceptors (Lipinski definition) is 1. The Balaban J connectivity index is 2.73. The van der Waals surface area contributed by atoms with Crippen molar-refractivity contribution in [2.75, 3.05) is 13.6 Å². The van der Waals surface area contributed by atoms with Crippen molar-refractivity contribution in [3.05, 3.63) is 33.8 Å². The molecule has 0 aromatic heterocycles. The van der Waals surface area contributed by atoms with E-state index in [1.54, 1.807) is 0 Å². The van der Waals surface area contributed by atoms with E-state index in [-0.39, 0.29) is 15.7 Å². The van der Waals surface area contributed by atoms with Gasteiger partial charge in [-0.1, -0.05) is 13.8 Å². The SMILES string of the molecule is CNCC(C)(C)CCc1cc(F)c(Br)cc1F. The van der Waals surface area contributed by atoms with Crippen LogP contribution < -0.4 is 5.32 Å². The number of nitrogens with one attached hydrogen (secondary N) is 1. The third kappa shape index (κ3) is 4.36. The first-order valence-electron chi connectivity index (χ1n) is 5.64. The summed E-state index contributed by atoms with van der Waals surface area (Å²) in [5, 5.41) is 3.10. The molecule has 0 saturated heterocycles. The molecule has 96 valence electrons. The largest absolute Gasteiger partial charge is 0.319 e. The minimum Gasteiger partial charge on any atom is -0.319 e. The maximum Gasteiger partial charge on any atom is 0.137 e. The van der Waals surface area contributed by atoms with E-state index in [1.165, 1.54) is 12.1 Å². The molecule has 0 aliphatic rings. The average molecular weight is 306 g/mol. The second-order valence-electron chi connectivity index (χ2n) is 5.05. The molecule has 0 fully saturated rings. The van der Waals surface area contributed by atoms with Gasteiger partial charge in [-0.25, -0.2) is 8.78 Å². The first-order valence-corrected chi connectivity index (χ1v) is 6.43. The summed E-state index contributed by atoms with van der Waals surface area (Å²) in [7, 11) is 1.89. The first-order chi connectivity index (χ1) is 7.85. The van der Waals surface area contributed by atoms with Crippen molar-refractivity contribution in [3.8, 4) is 0 Å². The van der Waals surface area contributed by atoms with Crippen molar-refractivity contribution in [1.29, 1.82) is 0 Å². The lowest BCUT2D eigenvalue weighted by Gasteiger charge is -2.24. The van der Waals surface area contributed by atoms with E-state index in [4.69, 9.17) is 0 Å². The summed E-state index contributed by atoms with van der Waals surface area (Å²) in [6.45, 7) is 5.07. The van der Waals surface area contributed by atoms with Gasteiger partial charge in [-0.2, -0.15) is 0 Å². The van der Waals surface area contributed by atoms with Crippen LogP contribution >= 0.6 is 15.9 Å². The highest BCUT2D eigenvalue weighted by Gasteiger charge is 2.18. The number of hydrogen-bond donors (Lipinski definition) is 1. The van der Waals surface area contributed by atoms with Crippen LogP contribution in [0.1, 0.15) is 25.8 Å². The molecular formula is C13H18BrF2N. The van der Waals surface area contributed by atoms with Crippen LogP contribution in [0.4, 0.5) is 8.78 Å². The topological polar surface area (TPSA) is 12.0 Å². The van der Waals surface area contributed by atoms with Crippen LogP contribution in [0.15, 0.2) is 16.6 Å². The van der Waals surface area contributed by atoms with E-state index in [2.05, 4.69) is 35.1 Å². The van der Waals surface area contributed by atoms with Gasteiger partial charge in [0.05, 0.1) is 4.47 Å². The Morgan fingerprint density at radius 3 is 2.47 bits per heavy atom. The minimum atomic E-state index is -0.409. The van der Waals surface area contributed by atoms with E-state index >= 15 is 0 Å². The monoisotopic (exact) mass is 305 g/mol. The molecule has 0 amide bonds. The van der Waals surface area contributed by atoms with Gasteiger partial charge in [-0.15, -0.1) is 0 Å². The maximum absolute atomic E-state index is 13.6. The molecule has 1 N–H and O–H groups in total. The molecule has 1 rings (SSSR count). The van der Waals surface area contributed by atoms with Crippen LogP contribution in [-0.4, -0.2) is 13.6 Å². The molecule has 1 aromatic rings. The Morgan fingerprint density at radius 2 is 1.88 bits per heavy atom. The molecule has 0 atom stereocenters. The number of benzene rings is 1. The molecule has 0 aliphatic carbocycles. The van der Waals surface area contributed by atoms with Gasteiger partial charge in [0, 0.05) is 0 Å². The molecular weight excluding hydrogens is 288 g/mol. The van der Waals surface area contributed by atoms with E-state index in [0.29, 0.717) is 12.0 Å². The Hall–Kier alpha value is -0.480. The Bertz CT molecular complexity index is 391. The zero-order valence-electron chi connectivity index (χ0n) is 10.4. The summed E-state index contributed by atoms with van der Waals surface area (Å²) in [6.07, 6.45) is 1.36. The third-order valence-electron chi connectivity index (χ3n) is 2.82. The zero-order valence-corrected chi connectivity index (χ0v) is 12.0. The smallest absolute Gasteiger partial charge is 0.137 e. The number of halogens is 3. The van der Waals surface area contributed by atoms with Crippen molar-refractivity contribution in [1.82, 2.24) is 5.32 Å². The predicted octanol–water partition coefficient (Wildman–Crippen LogP) is 3.91. The standard InChI is InChI=1S/C13H18BrF2N/c1-13(2,8-17-3)5-4-9-6-12(16)10(14)7-11(9)15/h6-7,17H,4-5,8H2,1-3H3. The fourth-order valence-electron chi connectivity index (χ4n) is 1.80. The molecule has 17 heavy (non-hydrogen) atoms. The highest BCUT2D eigenvalue weighted by Crippen LogP contribution is 2.25. The zero-order chi connectivity index (χ0) is 13.1. The normalized spacial score (nSPS) is 11.9. The third-order valence-corrected chi connectivity index (χ3v) is 3.42. The highest BCUT2D eigenvalue weighted by molar-refractivity contribution is 9.10. The molecule has 0 aliphatic heterocycles. The Morgan fingerprint density at radius 1 is 1.24 bits per heavy atom. The first kappa shape index (κ1) is 14.6. The summed E-state index contributed by atoms with van der Waals surface area (Å²) in [6, 6.07) is 2.46. The fraction of sp³-hybridized carbons (Fsp3) is 0.538. The molecule has 1 aromatic carbocycles. The van der Waals surface area contributed by atoms with Crippen LogP contribution in [-0.2, 0) is 6.42 Å². The van der Waals surface area contributed by atoms with Gasteiger partial charge >= 0.3 is 0 Å². The summed E-state index contributed by atoms with van der Waals surface area (Å²) in [4.78, 5) is 0. The lowest BCUT2D eigenvalue weighted by atomic mass is 9.86. The predicted molar refractivity (Wildman–Crippen MR) is 70.1 cm³/mol. The van der Waals surface area contributed by atoms with E-state index in [0.717, 1.165) is 13.0 Å². The summed E-state index contributed by atoms with van der Waals surface area (Å²) < 4.78 is 27.1. The molecule has 0 heterocycles. The summed E-state index contributed by atoms with van der Waals surface area (Å²) >= 11 is 2.97. The van der Waals surface area contributed by atoms with Gasteiger partial charge in [0.1, 0.15) is 11.6 Å². The van der Waals surface area contributed by atoms with E-state index in [1.807, 2.05) is 7.05 Å². The van der Waals surface area contributed by atoms with Crippen LogP contribution in [0.3, 0.4) is 0 Å². The molecule has 0 spiro atoms. The fourth-order valence-corrected chi connectivity index (χ4v) is 2.11. The molecule has 1 nitrogen and oxygen atoms in total. The van der Waals surface area contributed by atoms with Crippen LogP contribution in [0.5, 0.6) is 0 Å². The van der Waals surface area contributed by atoms with E-state index < -0.39 is 5.82 Å². The molecule has 0 bridgehead atoms. The quantitative estimate of drug-likeness (QED) is 0.813. The number of rotatable bonds is 5. The van der Waals surface area contributed by atoms with Gasteiger partial charge in [-0.3, -0.25) is 0 Å². The number of aryl methyl sites for hydroxylation is 1. The summed E-state index contributed by atoms with van der Waals surface area (Å²) in [5.74, 6) is -0.758. The van der Waals surface area contributed by atoms with Crippen molar-refractivity contribution >= 4 is 15.9 Å². The van der Waals surface area contributed by atoms with Crippen LogP contribution in [0, 0.1) is 17.0 Å². The molecule has 0 radical (unpaired) electrons. The van der Waals surface area contributed by atoms with Gasteiger partial charge in [0.15, 0.2) is 0 Å². The second kappa shape index (κ2) is 5.91. The molecule has 4 heteroatoms. The second-order valence-corrected chi connectivity index (χ2v) is 5.91. The van der Waals surface area contributed by atoms with E-state index in [9.17, 15) is 8.78 Å². The maximum atomic E-state index is 13.6. The van der Waals surface area contributed by atoms with Crippen molar-refractivity contribution < 1.29 is 8.78 Å². The van der Waals surface area contributed by atoms with Crippen molar-refractivity contribution in [2.24, 2.45) is 5.41 Å². The average Bonchev–Trinajstić information content (AvgIpc) is 2.21. The van der Waals surface area contributed by atoms with Gasteiger partial charge in [-0.05, 0) is 65.5 Å². The lowest BCUT2D eigenvalue weighted by molar-refractivity contribution is 0.322. The highest BCUT2D eigenvalue weighted by atomic mass is 79.9. The minimum absolute atomic E-state index is 0.0741. The Labute approximate surface area is 110 Å². The summed E-state index contributed by atoms with van der Waals surface area (Å²) in [5.41, 5.74) is 0.514. The molecule has 0 saturated carbocycles. The van der Waals surface area contributed by atoms with Crippen molar-refractivity contribution in [3.63, 3.8) is 0 Å². The van der Waals surface area contributed by atoms with Gasteiger partial charge in [0.2, 0.25) is 0 Å². The lowest BCUT2D eigenvalue weighted by Crippen LogP contribution is -2.27. The Kier molecular flexibility index (Phi) is 5.07. The van der Waals surface area contributed by atoms with Gasteiger partial charge < -0.3 is 5.32 Å². The van der Waals surface area contributed by atoms with Crippen molar-refractivity contribution in [2.45, 2.75) is 26.7 Å². The van der Waals surface area contributed by atoms with Gasteiger partial charge in [0.25, 0.3) is 0 Å². The van der Waals surface area contributed by atoms with Crippen LogP contribution in [0.2, 0.25) is 0 Å².